The fourth-order valence-corrected chi connectivity index (χ4v) is 1.93. The Morgan fingerprint density at radius 1 is 1.23 bits per heavy atom. The molecule has 0 saturated carbocycles. The summed E-state index contributed by atoms with van der Waals surface area (Å²) in [4.78, 5) is 24.0. The zero-order valence-corrected chi connectivity index (χ0v) is 12.5. The molecule has 0 heterocycles. The van der Waals surface area contributed by atoms with Crippen LogP contribution in [0.3, 0.4) is 0 Å². The van der Waals surface area contributed by atoms with E-state index in [0.29, 0.717) is 5.56 Å². The van der Waals surface area contributed by atoms with Gasteiger partial charge in [0.15, 0.2) is 5.41 Å². The lowest BCUT2D eigenvalue weighted by molar-refractivity contribution is -0.168. The highest BCUT2D eigenvalue weighted by molar-refractivity contribution is 6.00. The van der Waals surface area contributed by atoms with Crippen LogP contribution in [-0.2, 0) is 19.1 Å². The number of hydrogen-bond donors (Lipinski definition) is 0. The molecule has 0 aromatic heterocycles. The summed E-state index contributed by atoms with van der Waals surface area (Å²) in [6.45, 7) is 3.55. The van der Waals surface area contributed by atoms with Crippen molar-refractivity contribution in [3.8, 4) is 11.8 Å². The largest absolute Gasteiger partial charge is 0.468 e. The second-order valence-electron chi connectivity index (χ2n) is 4.54. The minimum absolute atomic E-state index is 0.0461. The topological polar surface area (TPSA) is 52.6 Å². The molecule has 0 fully saturated rings. The van der Waals surface area contributed by atoms with E-state index in [2.05, 4.69) is 18.4 Å². The highest BCUT2D eigenvalue weighted by Gasteiger charge is 2.46. The van der Waals surface area contributed by atoms with Crippen molar-refractivity contribution in [2.75, 3.05) is 14.2 Å². The SMILES string of the molecule is C=CCC(CC#Cc1ccc(F)cc1)(C(=O)OC)C(=O)OC. The summed E-state index contributed by atoms with van der Waals surface area (Å²) < 4.78 is 22.2. The van der Waals surface area contributed by atoms with Gasteiger partial charge in [0.25, 0.3) is 0 Å². The molecule has 4 nitrogen and oxygen atoms in total. The minimum Gasteiger partial charge on any atom is -0.468 e. The van der Waals surface area contributed by atoms with Gasteiger partial charge in [-0.2, -0.15) is 0 Å². The maximum absolute atomic E-state index is 12.8. The fraction of sp³-hybridized carbons (Fsp3) is 0.294. The standard InChI is InChI=1S/C17H17FO4/c1-4-11-17(15(19)21-2,16(20)22-3)12-5-6-13-7-9-14(18)10-8-13/h4,7-10H,1,11-12H2,2-3H3. The summed E-state index contributed by atoms with van der Waals surface area (Å²) in [5, 5.41) is 0. The lowest BCUT2D eigenvalue weighted by atomic mass is 9.81. The first-order valence-corrected chi connectivity index (χ1v) is 6.52. The normalized spacial score (nSPS) is 10.1. The van der Waals surface area contributed by atoms with Gasteiger partial charge in [-0.05, 0) is 30.7 Å². The zero-order chi connectivity index (χ0) is 16.6. The quantitative estimate of drug-likeness (QED) is 0.363. The van der Waals surface area contributed by atoms with E-state index in [-0.39, 0.29) is 18.7 Å². The van der Waals surface area contributed by atoms with E-state index in [1.807, 2.05) is 0 Å². The summed E-state index contributed by atoms with van der Waals surface area (Å²) in [7, 11) is 2.38. The van der Waals surface area contributed by atoms with Crippen molar-refractivity contribution in [2.24, 2.45) is 5.41 Å². The Morgan fingerprint density at radius 2 is 1.77 bits per heavy atom. The summed E-state index contributed by atoms with van der Waals surface area (Å²) in [6, 6.07) is 5.57. The van der Waals surface area contributed by atoms with Crippen LogP contribution in [0.2, 0.25) is 0 Å². The van der Waals surface area contributed by atoms with Gasteiger partial charge in [0.1, 0.15) is 5.82 Å². The molecule has 0 aliphatic heterocycles. The van der Waals surface area contributed by atoms with Crippen molar-refractivity contribution in [1.82, 2.24) is 0 Å². The average Bonchev–Trinajstić information content (AvgIpc) is 2.54. The molecule has 0 N–H and O–H groups in total. The van der Waals surface area contributed by atoms with Crippen molar-refractivity contribution in [1.29, 1.82) is 0 Å². The van der Waals surface area contributed by atoms with Crippen LogP contribution in [0.25, 0.3) is 0 Å². The van der Waals surface area contributed by atoms with E-state index in [9.17, 15) is 14.0 Å². The average molecular weight is 304 g/mol. The van der Waals surface area contributed by atoms with Gasteiger partial charge < -0.3 is 9.47 Å². The second-order valence-corrected chi connectivity index (χ2v) is 4.54. The molecule has 0 spiro atoms. The number of benzene rings is 1. The van der Waals surface area contributed by atoms with Gasteiger partial charge >= 0.3 is 11.9 Å². The summed E-state index contributed by atoms with van der Waals surface area (Å²) in [5.41, 5.74) is -0.971. The Hall–Kier alpha value is -2.61. The highest BCUT2D eigenvalue weighted by Crippen LogP contribution is 2.30. The van der Waals surface area contributed by atoms with Gasteiger partial charge in [-0.15, -0.1) is 6.58 Å². The van der Waals surface area contributed by atoms with Crippen molar-refractivity contribution >= 4 is 11.9 Å². The molecule has 0 saturated heterocycles. The van der Waals surface area contributed by atoms with E-state index in [0.717, 1.165) is 0 Å². The van der Waals surface area contributed by atoms with Crippen molar-refractivity contribution in [2.45, 2.75) is 12.8 Å². The molecular weight excluding hydrogens is 287 g/mol. The molecule has 0 aliphatic carbocycles. The Labute approximate surface area is 128 Å². The third kappa shape index (κ3) is 3.95. The first kappa shape index (κ1) is 17.4. The van der Waals surface area contributed by atoms with Crippen molar-refractivity contribution in [3.05, 3.63) is 48.3 Å². The molecule has 1 aromatic carbocycles. The lowest BCUT2D eigenvalue weighted by Crippen LogP contribution is -2.40. The van der Waals surface area contributed by atoms with Crippen LogP contribution in [0.4, 0.5) is 4.39 Å². The maximum Gasteiger partial charge on any atom is 0.324 e. The third-order valence-corrected chi connectivity index (χ3v) is 3.11. The van der Waals surface area contributed by atoms with Crippen LogP contribution in [0.1, 0.15) is 18.4 Å². The highest BCUT2D eigenvalue weighted by atomic mass is 19.1. The monoisotopic (exact) mass is 304 g/mol. The smallest absolute Gasteiger partial charge is 0.324 e. The van der Waals surface area contributed by atoms with Gasteiger partial charge in [0.2, 0.25) is 0 Å². The maximum atomic E-state index is 12.8. The Balaban J connectivity index is 3.08. The van der Waals surface area contributed by atoms with E-state index in [1.54, 1.807) is 0 Å². The first-order chi connectivity index (χ1) is 10.5. The van der Waals surface area contributed by atoms with Crippen LogP contribution in [0.15, 0.2) is 36.9 Å². The van der Waals surface area contributed by atoms with Gasteiger partial charge in [-0.3, -0.25) is 9.59 Å². The second kappa shape index (κ2) is 7.99. The van der Waals surface area contributed by atoms with Gasteiger partial charge in [-0.1, -0.05) is 17.9 Å². The number of hydrogen-bond acceptors (Lipinski definition) is 4. The first-order valence-electron chi connectivity index (χ1n) is 6.52. The zero-order valence-electron chi connectivity index (χ0n) is 12.5. The number of carbonyl (C=O) groups excluding carboxylic acids is 2. The molecule has 0 amide bonds. The van der Waals surface area contributed by atoms with Gasteiger partial charge in [-0.25, -0.2) is 4.39 Å². The fourth-order valence-electron chi connectivity index (χ4n) is 1.93. The summed E-state index contributed by atoms with van der Waals surface area (Å²) >= 11 is 0. The Bertz CT molecular complexity index is 592. The molecule has 22 heavy (non-hydrogen) atoms. The number of methoxy groups -OCH3 is 2. The number of carbonyl (C=O) groups is 2. The van der Waals surface area contributed by atoms with Gasteiger partial charge in [0, 0.05) is 12.0 Å². The molecule has 5 heteroatoms. The van der Waals surface area contributed by atoms with E-state index >= 15 is 0 Å². The van der Waals surface area contributed by atoms with Gasteiger partial charge in [0.05, 0.1) is 14.2 Å². The predicted octanol–water partition coefficient (Wildman–Crippen LogP) is 2.48. The molecular formula is C17H17FO4. The number of halogens is 1. The Morgan fingerprint density at radius 3 is 2.23 bits per heavy atom. The van der Waals surface area contributed by atoms with Crippen LogP contribution in [0, 0.1) is 23.1 Å². The van der Waals surface area contributed by atoms with Crippen LogP contribution < -0.4 is 0 Å². The van der Waals surface area contributed by atoms with Crippen LogP contribution in [0.5, 0.6) is 0 Å². The Kier molecular flexibility index (Phi) is 6.33. The molecule has 116 valence electrons. The molecule has 0 radical (unpaired) electrons. The third-order valence-electron chi connectivity index (χ3n) is 3.11. The lowest BCUT2D eigenvalue weighted by Gasteiger charge is -2.24. The predicted molar refractivity (Wildman–Crippen MR) is 79.2 cm³/mol. The molecule has 1 aromatic rings. The van der Waals surface area contributed by atoms with Crippen molar-refractivity contribution in [3.63, 3.8) is 0 Å². The molecule has 0 aliphatic rings. The molecule has 0 bridgehead atoms. The minimum atomic E-state index is -1.54. The summed E-state index contributed by atoms with van der Waals surface area (Å²) in [5.74, 6) is 3.71. The number of ether oxygens (including phenoxy) is 2. The number of esters is 2. The van der Waals surface area contributed by atoms with E-state index in [4.69, 9.17) is 9.47 Å². The summed E-state index contributed by atoms with van der Waals surface area (Å²) in [6.07, 6.45) is 1.40. The molecule has 0 atom stereocenters. The molecule has 1 rings (SSSR count). The van der Waals surface area contributed by atoms with E-state index < -0.39 is 17.4 Å². The molecule has 0 unspecified atom stereocenters. The number of allylic oxidation sites excluding steroid dienone is 1. The van der Waals surface area contributed by atoms with E-state index in [1.165, 1.54) is 44.6 Å². The van der Waals surface area contributed by atoms with Crippen LogP contribution >= 0.6 is 0 Å². The number of rotatable bonds is 5. The van der Waals surface area contributed by atoms with Crippen molar-refractivity contribution < 1.29 is 23.5 Å². The van der Waals surface area contributed by atoms with Crippen LogP contribution in [-0.4, -0.2) is 26.2 Å².